The van der Waals surface area contributed by atoms with Crippen LogP contribution in [0.25, 0.3) is 0 Å². The zero-order valence-corrected chi connectivity index (χ0v) is 36.7. The normalized spacial score (nSPS) is 12.6. The van der Waals surface area contributed by atoms with Crippen LogP contribution in [0, 0.1) is 0 Å². The van der Waals surface area contributed by atoms with Crippen molar-refractivity contribution >= 4 is 19.8 Å². The van der Waals surface area contributed by atoms with Gasteiger partial charge in [0.05, 0.1) is 6.61 Å². The van der Waals surface area contributed by atoms with E-state index in [9.17, 15) is 14.2 Å². The van der Waals surface area contributed by atoms with Crippen LogP contribution in [0.3, 0.4) is 0 Å². The van der Waals surface area contributed by atoms with Crippen molar-refractivity contribution in [1.29, 1.82) is 0 Å². The van der Waals surface area contributed by atoms with Crippen LogP contribution in [0.2, 0.25) is 0 Å². The molecule has 0 bridgehead atoms. The summed E-state index contributed by atoms with van der Waals surface area (Å²) < 4.78 is 26.4. The molecule has 0 aromatic heterocycles. The summed E-state index contributed by atoms with van der Waals surface area (Å²) in [5.74, 6) is -0.887. The Morgan fingerprint density at radius 1 is 0.455 bits per heavy atom. The largest absolute Gasteiger partial charge is 0.469 e. The number of carbonyl (C=O) groups is 2. The molecule has 0 amide bonds. The summed E-state index contributed by atoms with van der Waals surface area (Å²) in [5.41, 5.74) is 0. The standard InChI is InChI=1S/C46H87O8P/c1-3-5-7-9-11-13-15-17-19-20-21-22-23-24-25-26-27-29-31-33-35-37-39-41-46(48)54-44(43-53-55(49,50)51)42-52-45(47)40-38-36-34-32-30-28-18-16-14-12-10-8-6-4-2/h16,18,20-21,44H,3-15,17,19,22-43H2,1-2H3,(H2,49,50,51)/b18-16-,21-20-. The Bertz CT molecular complexity index is 946. The van der Waals surface area contributed by atoms with Gasteiger partial charge in [-0.15, -0.1) is 0 Å². The zero-order valence-electron chi connectivity index (χ0n) is 35.8. The van der Waals surface area contributed by atoms with E-state index in [4.69, 9.17) is 19.3 Å². The first kappa shape index (κ1) is 53.5. The van der Waals surface area contributed by atoms with E-state index in [1.165, 1.54) is 148 Å². The molecule has 0 aliphatic rings. The number of hydrogen-bond donors (Lipinski definition) is 2. The summed E-state index contributed by atoms with van der Waals surface area (Å²) in [4.78, 5) is 42.9. The fraction of sp³-hybridized carbons (Fsp3) is 0.870. The van der Waals surface area contributed by atoms with Crippen LogP contribution in [-0.4, -0.2) is 41.0 Å². The number of phosphoric ester groups is 1. The van der Waals surface area contributed by atoms with E-state index in [0.29, 0.717) is 12.8 Å². The highest BCUT2D eigenvalue weighted by atomic mass is 31.2. The Balaban J connectivity index is 3.83. The molecule has 0 spiro atoms. The smallest absolute Gasteiger partial charge is 0.462 e. The van der Waals surface area contributed by atoms with Gasteiger partial charge in [0.1, 0.15) is 6.61 Å². The van der Waals surface area contributed by atoms with E-state index in [1.807, 2.05) is 0 Å². The van der Waals surface area contributed by atoms with Crippen LogP contribution in [-0.2, 0) is 28.2 Å². The lowest BCUT2D eigenvalue weighted by molar-refractivity contribution is -0.161. The van der Waals surface area contributed by atoms with Crippen molar-refractivity contribution in [2.45, 2.75) is 245 Å². The number of rotatable bonds is 43. The third-order valence-corrected chi connectivity index (χ3v) is 10.7. The number of allylic oxidation sites excluding steroid dienone is 4. The molecule has 0 saturated heterocycles. The fourth-order valence-electron chi connectivity index (χ4n) is 6.72. The van der Waals surface area contributed by atoms with Gasteiger partial charge in [-0.1, -0.05) is 186 Å². The molecule has 1 atom stereocenters. The van der Waals surface area contributed by atoms with E-state index in [0.717, 1.165) is 51.4 Å². The number of carbonyl (C=O) groups excluding carboxylic acids is 2. The maximum Gasteiger partial charge on any atom is 0.469 e. The van der Waals surface area contributed by atoms with Gasteiger partial charge in [-0.05, 0) is 64.2 Å². The van der Waals surface area contributed by atoms with E-state index in [1.54, 1.807) is 0 Å². The Morgan fingerprint density at radius 3 is 1.11 bits per heavy atom. The van der Waals surface area contributed by atoms with Crippen LogP contribution < -0.4 is 0 Å². The van der Waals surface area contributed by atoms with E-state index in [2.05, 4.69) is 42.7 Å². The third-order valence-electron chi connectivity index (χ3n) is 10.2. The van der Waals surface area contributed by atoms with Gasteiger partial charge in [0.15, 0.2) is 6.10 Å². The summed E-state index contributed by atoms with van der Waals surface area (Å²) in [7, 11) is -4.75. The average Bonchev–Trinajstić information content (AvgIpc) is 3.16. The van der Waals surface area contributed by atoms with Crippen molar-refractivity contribution in [3.63, 3.8) is 0 Å². The summed E-state index contributed by atoms with van der Waals surface area (Å²) in [6, 6.07) is 0. The molecule has 0 rings (SSSR count). The molecule has 324 valence electrons. The Hall–Kier alpha value is -1.47. The topological polar surface area (TPSA) is 119 Å². The summed E-state index contributed by atoms with van der Waals surface area (Å²) >= 11 is 0. The summed E-state index contributed by atoms with van der Waals surface area (Å²) in [6.45, 7) is 3.69. The van der Waals surface area contributed by atoms with Gasteiger partial charge in [-0.2, -0.15) is 0 Å². The van der Waals surface area contributed by atoms with E-state index >= 15 is 0 Å². The predicted octanol–water partition coefficient (Wildman–Crippen LogP) is 14.4. The monoisotopic (exact) mass is 799 g/mol. The maximum absolute atomic E-state index is 12.4. The minimum Gasteiger partial charge on any atom is -0.462 e. The molecule has 0 aromatic carbocycles. The zero-order chi connectivity index (χ0) is 40.3. The highest BCUT2D eigenvalue weighted by molar-refractivity contribution is 7.46. The molecule has 0 saturated carbocycles. The van der Waals surface area contributed by atoms with Gasteiger partial charge in [-0.3, -0.25) is 14.1 Å². The van der Waals surface area contributed by atoms with Crippen LogP contribution in [0.5, 0.6) is 0 Å². The van der Waals surface area contributed by atoms with Crippen LogP contribution >= 0.6 is 7.82 Å². The van der Waals surface area contributed by atoms with Gasteiger partial charge in [0, 0.05) is 12.8 Å². The first-order valence-electron chi connectivity index (χ1n) is 23.1. The Morgan fingerprint density at radius 2 is 0.764 bits per heavy atom. The van der Waals surface area contributed by atoms with Gasteiger partial charge in [0.25, 0.3) is 0 Å². The Labute approximate surface area is 339 Å². The second kappa shape index (κ2) is 42.1. The van der Waals surface area contributed by atoms with Gasteiger partial charge < -0.3 is 19.3 Å². The highest BCUT2D eigenvalue weighted by Crippen LogP contribution is 2.36. The predicted molar refractivity (Wildman–Crippen MR) is 230 cm³/mol. The number of phosphoric acid groups is 1. The van der Waals surface area contributed by atoms with E-state index < -0.39 is 32.5 Å². The second-order valence-corrected chi connectivity index (χ2v) is 17.0. The highest BCUT2D eigenvalue weighted by Gasteiger charge is 2.23. The first-order valence-corrected chi connectivity index (χ1v) is 24.7. The van der Waals surface area contributed by atoms with Gasteiger partial charge in [-0.25, -0.2) is 4.57 Å². The van der Waals surface area contributed by atoms with Crippen LogP contribution in [0.1, 0.15) is 239 Å². The minimum atomic E-state index is -4.75. The molecule has 1 unspecified atom stereocenters. The molecular formula is C46H87O8P. The molecule has 2 N–H and O–H groups in total. The Kier molecular flexibility index (Phi) is 41.0. The van der Waals surface area contributed by atoms with Crippen LogP contribution in [0.4, 0.5) is 0 Å². The molecule has 0 heterocycles. The van der Waals surface area contributed by atoms with Crippen molar-refractivity contribution in [3.8, 4) is 0 Å². The lowest BCUT2D eigenvalue weighted by atomic mass is 10.0. The lowest BCUT2D eigenvalue weighted by Crippen LogP contribution is -2.29. The molecule has 0 aromatic rings. The quantitative estimate of drug-likeness (QED) is 0.0271. The van der Waals surface area contributed by atoms with Crippen molar-refractivity contribution in [2.75, 3.05) is 13.2 Å². The van der Waals surface area contributed by atoms with Crippen molar-refractivity contribution in [1.82, 2.24) is 0 Å². The second-order valence-electron chi connectivity index (χ2n) is 15.7. The molecule has 9 heteroatoms. The van der Waals surface area contributed by atoms with Gasteiger partial charge in [0.2, 0.25) is 0 Å². The molecule has 0 aliphatic carbocycles. The molecule has 55 heavy (non-hydrogen) atoms. The summed E-state index contributed by atoms with van der Waals surface area (Å²) in [6.07, 6.45) is 49.1. The summed E-state index contributed by atoms with van der Waals surface area (Å²) in [5, 5.41) is 0. The molecule has 0 aliphatic heterocycles. The van der Waals surface area contributed by atoms with Crippen molar-refractivity contribution in [2.24, 2.45) is 0 Å². The van der Waals surface area contributed by atoms with E-state index in [-0.39, 0.29) is 19.4 Å². The SMILES string of the molecule is CCCCCCC/C=C\CCCCCCCC(=O)OCC(COP(=O)(O)O)OC(=O)CCCCCCCCCCCCC/C=C\CCCCCCCCCC. The van der Waals surface area contributed by atoms with Crippen molar-refractivity contribution < 1.29 is 37.9 Å². The van der Waals surface area contributed by atoms with Crippen LogP contribution in [0.15, 0.2) is 24.3 Å². The van der Waals surface area contributed by atoms with Crippen molar-refractivity contribution in [3.05, 3.63) is 24.3 Å². The molecule has 8 nitrogen and oxygen atoms in total. The molecule has 0 radical (unpaired) electrons. The number of hydrogen-bond acceptors (Lipinski definition) is 6. The number of ether oxygens (including phenoxy) is 2. The third kappa shape index (κ3) is 45.1. The molecular weight excluding hydrogens is 711 g/mol. The average molecular weight is 799 g/mol. The maximum atomic E-state index is 12.4. The van der Waals surface area contributed by atoms with Gasteiger partial charge >= 0.3 is 19.8 Å². The first-order chi connectivity index (χ1) is 26.8. The lowest BCUT2D eigenvalue weighted by Gasteiger charge is -2.18. The number of esters is 2. The molecule has 0 fully saturated rings. The minimum absolute atomic E-state index is 0.212. The number of unbranched alkanes of at least 4 members (excludes halogenated alkanes) is 29. The fourth-order valence-corrected chi connectivity index (χ4v) is 7.08.